The summed E-state index contributed by atoms with van der Waals surface area (Å²) < 4.78 is 1.65. The number of imidazole rings is 1. The first-order chi connectivity index (χ1) is 8.72. The van der Waals surface area contributed by atoms with E-state index in [2.05, 4.69) is 10.1 Å². The maximum atomic E-state index is 11.0. The van der Waals surface area contributed by atoms with E-state index < -0.39 is 0 Å². The van der Waals surface area contributed by atoms with Crippen LogP contribution in [-0.2, 0) is 0 Å². The van der Waals surface area contributed by atoms with Crippen LogP contribution in [0.2, 0.25) is 0 Å². The lowest BCUT2D eigenvalue weighted by molar-refractivity contribution is 0.950. The summed E-state index contributed by atoms with van der Waals surface area (Å²) in [5.74, 6) is 0. The van der Waals surface area contributed by atoms with E-state index >= 15 is 0 Å². The van der Waals surface area contributed by atoms with Gasteiger partial charge in [0, 0.05) is 5.56 Å². The number of aromatic amines is 1. The Morgan fingerprint density at radius 3 is 2.50 bits per heavy atom. The second-order valence-electron chi connectivity index (χ2n) is 3.65. The average Bonchev–Trinajstić information content (AvgIpc) is 2.89. The first-order valence-electron chi connectivity index (χ1n) is 5.88. The molecule has 0 saturated carbocycles. The van der Waals surface area contributed by atoms with Gasteiger partial charge >= 0.3 is 4.87 Å². The summed E-state index contributed by atoms with van der Waals surface area (Å²) in [6, 6.07) is 8.15. The first kappa shape index (κ1) is 12.6. The summed E-state index contributed by atoms with van der Waals surface area (Å²) >= 11 is 1.11. The molecule has 2 heterocycles. The molecule has 0 saturated heterocycles. The van der Waals surface area contributed by atoms with Crippen LogP contribution in [0.5, 0.6) is 0 Å². The summed E-state index contributed by atoms with van der Waals surface area (Å²) in [6.45, 7) is 6.05. The first-order valence-corrected chi connectivity index (χ1v) is 6.69. The van der Waals surface area contributed by atoms with E-state index in [4.69, 9.17) is 0 Å². The highest BCUT2D eigenvalue weighted by atomic mass is 32.1. The number of fused-ring (bicyclic) bond motifs is 1. The Morgan fingerprint density at radius 1 is 1.22 bits per heavy atom. The van der Waals surface area contributed by atoms with Crippen LogP contribution in [0.1, 0.15) is 19.4 Å². The molecular formula is C13H15N3OS. The number of nitrogens with one attached hydrogen (secondary N) is 1. The third kappa shape index (κ3) is 2.36. The van der Waals surface area contributed by atoms with Gasteiger partial charge in [0.05, 0.1) is 11.9 Å². The minimum Gasteiger partial charge on any atom is -0.255 e. The van der Waals surface area contributed by atoms with Crippen molar-refractivity contribution >= 4 is 16.3 Å². The highest BCUT2D eigenvalue weighted by Crippen LogP contribution is 2.19. The van der Waals surface area contributed by atoms with Crippen LogP contribution in [0.3, 0.4) is 0 Å². The maximum absolute atomic E-state index is 11.0. The average molecular weight is 261 g/mol. The van der Waals surface area contributed by atoms with Crippen molar-refractivity contribution in [3.63, 3.8) is 0 Å². The van der Waals surface area contributed by atoms with Crippen molar-refractivity contribution in [3.05, 3.63) is 45.7 Å². The fraction of sp³-hybridized carbons (Fsp3) is 0.231. The predicted molar refractivity (Wildman–Crippen MR) is 75.2 cm³/mol. The normalized spacial score (nSPS) is 10.2. The monoisotopic (exact) mass is 261 g/mol. The zero-order chi connectivity index (χ0) is 13.1. The van der Waals surface area contributed by atoms with Gasteiger partial charge in [-0.25, -0.2) is 14.6 Å². The Bertz CT molecular complexity index is 656. The lowest BCUT2D eigenvalue weighted by atomic mass is 10.1. The Hall–Kier alpha value is -1.88. The third-order valence-corrected chi connectivity index (χ3v) is 3.16. The summed E-state index contributed by atoms with van der Waals surface area (Å²) in [5, 5.41) is 2.68. The van der Waals surface area contributed by atoms with Crippen LogP contribution in [0.15, 0.2) is 35.3 Å². The van der Waals surface area contributed by atoms with Gasteiger partial charge in [0.1, 0.15) is 0 Å². The van der Waals surface area contributed by atoms with Gasteiger partial charge in [-0.2, -0.15) is 0 Å². The van der Waals surface area contributed by atoms with E-state index in [-0.39, 0.29) is 4.87 Å². The van der Waals surface area contributed by atoms with Crippen LogP contribution in [0.4, 0.5) is 0 Å². The molecule has 0 aliphatic heterocycles. The Morgan fingerprint density at radius 2 is 1.89 bits per heavy atom. The molecule has 0 atom stereocenters. The molecule has 0 bridgehead atoms. The predicted octanol–water partition coefficient (Wildman–Crippen LogP) is 3.09. The number of hydrogen-bond donors (Lipinski definition) is 1. The summed E-state index contributed by atoms with van der Waals surface area (Å²) in [4.78, 5) is 16.0. The van der Waals surface area contributed by atoms with Gasteiger partial charge < -0.3 is 0 Å². The van der Waals surface area contributed by atoms with Crippen molar-refractivity contribution < 1.29 is 0 Å². The zero-order valence-electron chi connectivity index (χ0n) is 10.6. The van der Waals surface area contributed by atoms with E-state index in [1.165, 1.54) is 5.56 Å². The summed E-state index contributed by atoms with van der Waals surface area (Å²) in [5.41, 5.74) is 3.16. The molecule has 0 amide bonds. The number of H-pyrrole nitrogens is 1. The molecule has 3 rings (SSSR count). The molecule has 1 N–H and O–H groups in total. The Kier molecular flexibility index (Phi) is 3.62. The fourth-order valence-corrected chi connectivity index (χ4v) is 2.23. The molecule has 94 valence electrons. The molecule has 0 radical (unpaired) electrons. The number of aromatic nitrogens is 3. The highest BCUT2D eigenvalue weighted by Gasteiger charge is 2.06. The number of hydrogen-bond acceptors (Lipinski definition) is 3. The van der Waals surface area contributed by atoms with Crippen molar-refractivity contribution in [3.8, 4) is 11.3 Å². The number of benzene rings is 1. The third-order valence-electron chi connectivity index (χ3n) is 2.42. The van der Waals surface area contributed by atoms with Gasteiger partial charge in [0.25, 0.3) is 0 Å². The van der Waals surface area contributed by atoms with Gasteiger partial charge in [-0.05, 0) is 18.3 Å². The van der Waals surface area contributed by atoms with Crippen molar-refractivity contribution in [2.45, 2.75) is 20.8 Å². The fourth-order valence-electron chi connectivity index (χ4n) is 1.58. The minimum atomic E-state index is -0.0852. The summed E-state index contributed by atoms with van der Waals surface area (Å²) in [7, 11) is 0. The van der Waals surface area contributed by atoms with Crippen LogP contribution in [-0.4, -0.2) is 14.6 Å². The van der Waals surface area contributed by atoms with Gasteiger partial charge in [-0.3, -0.25) is 4.79 Å². The van der Waals surface area contributed by atoms with Crippen molar-refractivity contribution in [2.24, 2.45) is 0 Å². The topological polar surface area (TPSA) is 50.2 Å². The van der Waals surface area contributed by atoms with Crippen LogP contribution >= 0.6 is 11.3 Å². The molecule has 3 aromatic rings. The van der Waals surface area contributed by atoms with Crippen molar-refractivity contribution in [2.75, 3.05) is 0 Å². The molecule has 2 aromatic heterocycles. The van der Waals surface area contributed by atoms with E-state index in [0.717, 1.165) is 22.6 Å². The molecular weight excluding hydrogens is 246 g/mol. The molecule has 18 heavy (non-hydrogen) atoms. The second kappa shape index (κ2) is 5.18. The molecule has 5 heteroatoms. The smallest absolute Gasteiger partial charge is 0.255 e. The molecule has 0 aliphatic carbocycles. The Balaban J connectivity index is 0.000000574. The van der Waals surface area contributed by atoms with Gasteiger partial charge in [-0.15, -0.1) is 0 Å². The highest BCUT2D eigenvalue weighted by molar-refractivity contribution is 7.14. The van der Waals surface area contributed by atoms with Crippen LogP contribution < -0.4 is 4.87 Å². The maximum Gasteiger partial charge on any atom is 0.322 e. The van der Waals surface area contributed by atoms with Crippen LogP contribution in [0, 0.1) is 6.92 Å². The Labute approximate surface area is 109 Å². The van der Waals surface area contributed by atoms with Crippen LogP contribution in [0.25, 0.3) is 16.2 Å². The van der Waals surface area contributed by atoms with E-state index in [0.29, 0.717) is 4.96 Å². The largest absolute Gasteiger partial charge is 0.322 e. The molecule has 0 spiro atoms. The lowest BCUT2D eigenvalue weighted by Gasteiger charge is -1.96. The number of rotatable bonds is 1. The molecule has 0 aliphatic rings. The zero-order valence-corrected chi connectivity index (χ0v) is 11.4. The number of nitrogens with zero attached hydrogens (tertiary/aromatic N) is 2. The molecule has 1 aromatic carbocycles. The van der Waals surface area contributed by atoms with Gasteiger partial charge in [0.2, 0.25) is 4.96 Å². The van der Waals surface area contributed by atoms with E-state index in [9.17, 15) is 4.79 Å². The van der Waals surface area contributed by atoms with E-state index in [1.807, 2.05) is 51.2 Å². The molecule has 0 fully saturated rings. The van der Waals surface area contributed by atoms with Gasteiger partial charge in [0.15, 0.2) is 0 Å². The SMILES string of the molecule is CC.Cc1ccc(-c2cn3[nH]c(=O)sc3n2)cc1. The van der Waals surface area contributed by atoms with Gasteiger partial charge in [-0.1, -0.05) is 43.7 Å². The minimum absolute atomic E-state index is 0.0852. The van der Waals surface area contributed by atoms with Crippen molar-refractivity contribution in [1.82, 2.24) is 14.6 Å². The quantitative estimate of drug-likeness (QED) is 0.731. The summed E-state index contributed by atoms with van der Waals surface area (Å²) in [6.07, 6.45) is 1.83. The second-order valence-corrected chi connectivity index (χ2v) is 4.59. The van der Waals surface area contributed by atoms with E-state index in [1.54, 1.807) is 4.52 Å². The number of aryl methyl sites for hydroxylation is 1. The molecule has 4 nitrogen and oxygen atoms in total. The lowest BCUT2D eigenvalue weighted by Crippen LogP contribution is -1.95. The molecule has 0 unspecified atom stereocenters. The van der Waals surface area contributed by atoms with Crippen molar-refractivity contribution in [1.29, 1.82) is 0 Å². The standard InChI is InChI=1S/C11H9N3OS.C2H6/c1-7-2-4-8(5-3-7)9-6-14-10(12-9)16-11(15)13-14;1-2/h2-6H,1H3,(H,13,15);1-2H3.